The van der Waals surface area contributed by atoms with E-state index in [0.717, 1.165) is 17.0 Å². The summed E-state index contributed by atoms with van der Waals surface area (Å²) in [6.07, 6.45) is 3.22. The van der Waals surface area contributed by atoms with Gasteiger partial charge in [0.1, 0.15) is 0 Å². The van der Waals surface area contributed by atoms with Gasteiger partial charge >= 0.3 is 0 Å². The molecule has 1 aromatic heterocycles. The van der Waals surface area contributed by atoms with Gasteiger partial charge in [0.2, 0.25) is 11.8 Å². The average molecular weight is 368 g/mol. The van der Waals surface area contributed by atoms with Gasteiger partial charge in [-0.3, -0.25) is 14.3 Å². The Bertz CT molecular complexity index is 861. The Morgan fingerprint density at radius 3 is 2.41 bits per heavy atom. The second-order valence-corrected chi connectivity index (χ2v) is 7.53. The van der Waals surface area contributed by atoms with E-state index in [0.29, 0.717) is 6.54 Å². The zero-order valence-electron chi connectivity index (χ0n) is 16.7. The van der Waals surface area contributed by atoms with Crippen LogP contribution >= 0.6 is 0 Å². The third-order valence-corrected chi connectivity index (χ3v) is 4.66. The fourth-order valence-electron chi connectivity index (χ4n) is 2.59. The lowest BCUT2D eigenvalue weighted by molar-refractivity contribution is -0.126. The van der Waals surface area contributed by atoms with Gasteiger partial charge < -0.3 is 11.1 Å². The molecule has 1 heterocycles. The number of benzene rings is 1. The van der Waals surface area contributed by atoms with E-state index < -0.39 is 11.3 Å². The molecule has 0 aliphatic carbocycles. The zero-order valence-corrected chi connectivity index (χ0v) is 16.7. The molecule has 0 unspecified atom stereocenters. The summed E-state index contributed by atoms with van der Waals surface area (Å²) in [7, 11) is 0. The van der Waals surface area contributed by atoms with Crippen molar-refractivity contribution in [3.8, 4) is 0 Å². The van der Waals surface area contributed by atoms with Crippen molar-refractivity contribution in [2.24, 2.45) is 11.1 Å². The van der Waals surface area contributed by atoms with Crippen molar-refractivity contribution in [1.29, 1.82) is 0 Å². The number of aromatic nitrogens is 2. The Morgan fingerprint density at radius 1 is 1.19 bits per heavy atom. The highest BCUT2D eigenvalue weighted by atomic mass is 16.2. The van der Waals surface area contributed by atoms with E-state index in [-0.39, 0.29) is 12.5 Å². The normalized spacial score (nSPS) is 11.7. The van der Waals surface area contributed by atoms with E-state index in [1.165, 1.54) is 17.2 Å². The standard InChI is InChI=1S/C21H28N4O2/c1-14-6-8-17(9-7-14)12-25-16(3)18(15(2)24-25)10-11-19(26)23-13-21(4,5)20(22)27/h6-11H,12-13H2,1-5H3,(H2,22,27)(H,23,26)/b11-10+. The number of amides is 2. The zero-order chi connectivity index (χ0) is 20.2. The Kier molecular flexibility index (Phi) is 6.20. The van der Waals surface area contributed by atoms with Gasteiger partial charge in [0.05, 0.1) is 17.7 Å². The number of nitrogens with one attached hydrogen (secondary N) is 1. The summed E-state index contributed by atoms with van der Waals surface area (Å²) >= 11 is 0. The maximum absolute atomic E-state index is 12.1. The number of carbonyl (C=O) groups is 2. The van der Waals surface area contributed by atoms with Crippen molar-refractivity contribution < 1.29 is 9.59 Å². The molecule has 1 aromatic carbocycles. The molecule has 3 N–H and O–H groups in total. The first-order valence-electron chi connectivity index (χ1n) is 8.95. The van der Waals surface area contributed by atoms with Gasteiger partial charge in [-0.05, 0) is 46.3 Å². The lowest BCUT2D eigenvalue weighted by Crippen LogP contribution is -2.41. The molecular weight excluding hydrogens is 340 g/mol. The van der Waals surface area contributed by atoms with Gasteiger partial charge in [-0.25, -0.2) is 0 Å². The first-order valence-corrected chi connectivity index (χ1v) is 8.95. The van der Waals surface area contributed by atoms with Crippen LogP contribution in [-0.2, 0) is 16.1 Å². The van der Waals surface area contributed by atoms with Gasteiger partial charge in [-0.2, -0.15) is 5.10 Å². The maximum atomic E-state index is 12.1. The molecule has 0 saturated carbocycles. The molecular formula is C21H28N4O2. The van der Waals surface area contributed by atoms with Crippen molar-refractivity contribution in [2.45, 2.75) is 41.2 Å². The molecule has 2 aromatic rings. The molecule has 0 aliphatic heterocycles. The minimum absolute atomic E-state index is 0.191. The number of nitrogens with two attached hydrogens (primary N) is 1. The van der Waals surface area contributed by atoms with Crippen LogP contribution in [0.1, 0.15) is 41.9 Å². The second-order valence-electron chi connectivity index (χ2n) is 7.53. The predicted molar refractivity (Wildman–Crippen MR) is 107 cm³/mol. The fourth-order valence-corrected chi connectivity index (χ4v) is 2.59. The number of nitrogens with zero attached hydrogens (tertiary/aromatic N) is 2. The SMILES string of the molecule is Cc1ccc(Cn2nc(C)c(/C=C/C(=O)NCC(C)(C)C(N)=O)c2C)cc1. The molecule has 0 bridgehead atoms. The Hall–Kier alpha value is -2.89. The monoisotopic (exact) mass is 368 g/mol. The van der Waals surface area contributed by atoms with Crippen LogP contribution in [0, 0.1) is 26.2 Å². The smallest absolute Gasteiger partial charge is 0.244 e. The van der Waals surface area contributed by atoms with Crippen molar-refractivity contribution in [3.05, 3.63) is 58.4 Å². The summed E-state index contributed by atoms with van der Waals surface area (Å²) in [5, 5.41) is 7.30. The summed E-state index contributed by atoms with van der Waals surface area (Å²) in [5.41, 5.74) is 9.71. The second kappa shape index (κ2) is 8.20. The van der Waals surface area contributed by atoms with Crippen LogP contribution in [0.15, 0.2) is 30.3 Å². The van der Waals surface area contributed by atoms with Crippen LogP contribution in [0.5, 0.6) is 0 Å². The molecule has 0 aliphatic rings. The van der Waals surface area contributed by atoms with Crippen molar-refractivity contribution >= 4 is 17.9 Å². The maximum Gasteiger partial charge on any atom is 0.244 e. The van der Waals surface area contributed by atoms with Crippen LogP contribution in [0.25, 0.3) is 6.08 Å². The Balaban J connectivity index is 2.07. The van der Waals surface area contributed by atoms with Crippen molar-refractivity contribution in [1.82, 2.24) is 15.1 Å². The molecule has 27 heavy (non-hydrogen) atoms. The molecule has 6 heteroatoms. The summed E-state index contributed by atoms with van der Waals surface area (Å²) in [4.78, 5) is 23.4. The van der Waals surface area contributed by atoms with E-state index in [9.17, 15) is 9.59 Å². The fraction of sp³-hybridized carbons (Fsp3) is 0.381. The van der Waals surface area contributed by atoms with E-state index in [2.05, 4.69) is 41.6 Å². The van der Waals surface area contributed by atoms with Gasteiger partial charge in [-0.15, -0.1) is 0 Å². The number of carbonyl (C=O) groups excluding carboxylic acids is 2. The van der Waals surface area contributed by atoms with Crippen LogP contribution in [0.2, 0.25) is 0 Å². The Labute approximate surface area is 160 Å². The minimum Gasteiger partial charge on any atom is -0.369 e. The highest BCUT2D eigenvalue weighted by molar-refractivity contribution is 5.92. The molecule has 6 nitrogen and oxygen atoms in total. The first-order chi connectivity index (χ1) is 12.6. The lowest BCUT2D eigenvalue weighted by Gasteiger charge is -2.20. The summed E-state index contributed by atoms with van der Waals surface area (Å²) in [6.45, 7) is 10.2. The minimum atomic E-state index is -0.783. The topological polar surface area (TPSA) is 90.0 Å². The third-order valence-electron chi connectivity index (χ3n) is 4.66. The third kappa shape index (κ3) is 5.29. The highest BCUT2D eigenvalue weighted by Crippen LogP contribution is 2.17. The molecule has 2 amide bonds. The summed E-state index contributed by atoms with van der Waals surface area (Å²) in [5.74, 6) is -0.717. The molecule has 0 spiro atoms. The highest BCUT2D eigenvalue weighted by Gasteiger charge is 2.25. The van der Waals surface area contributed by atoms with Crippen LogP contribution in [-0.4, -0.2) is 28.1 Å². The molecule has 0 radical (unpaired) electrons. The van der Waals surface area contributed by atoms with E-state index in [1.54, 1.807) is 19.9 Å². The number of rotatable bonds is 7. The van der Waals surface area contributed by atoms with Gasteiger partial charge in [0.15, 0.2) is 0 Å². The molecule has 2 rings (SSSR count). The van der Waals surface area contributed by atoms with Crippen LogP contribution in [0.4, 0.5) is 0 Å². The number of hydrogen-bond acceptors (Lipinski definition) is 3. The molecule has 0 fully saturated rings. The predicted octanol–water partition coefficient (Wildman–Crippen LogP) is 2.50. The number of primary amides is 1. The van der Waals surface area contributed by atoms with E-state index in [1.807, 2.05) is 18.5 Å². The number of hydrogen-bond donors (Lipinski definition) is 2. The van der Waals surface area contributed by atoms with Gasteiger partial charge in [0.25, 0.3) is 0 Å². The van der Waals surface area contributed by atoms with Crippen LogP contribution < -0.4 is 11.1 Å². The van der Waals surface area contributed by atoms with Gasteiger partial charge in [-0.1, -0.05) is 29.8 Å². The quantitative estimate of drug-likeness (QED) is 0.736. The average Bonchev–Trinajstić information content (AvgIpc) is 2.86. The number of aryl methyl sites for hydroxylation is 2. The summed E-state index contributed by atoms with van der Waals surface area (Å²) < 4.78 is 1.94. The first kappa shape index (κ1) is 20.4. The lowest BCUT2D eigenvalue weighted by atomic mass is 9.93. The van der Waals surface area contributed by atoms with E-state index in [4.69, 9.17) is 5.73 Å². The van der Waals surface area contributed by atoms with Crippen molar-refractivity contribution in [3.63, 3.8) is 0 Å². The Morgan fingerprint density at radius 2 is 1.81 bits per heavy atom. The largest absolute Gasteiger partial charge is 0.369 e. The van der Waals surface area contributed by atoms with Crippen molar-refractivity contribution in [2.75, 3.05) is 6.54 Å². The summed E-state index contributed by atoms with van der Waals surface area (Å²) in [6, 6.07) is 8.35. The molecule has 144 valence electrons. The van der Waals surface area contributed by atoms with Crippen LogP contribution in [0.3, 0.4) is 0 Å². The van der Waals surface area contributed by atoms with Gasteiger partial charge in [0, 0.05) is 23.9 Å². The molecule has 0 saturated heterocycles. The molecule has 0 atom stereocenters. The van der Waals surface area contributed by atoms with E-state index >= 15 is 0 Å².